The second kappa shape index (κ2) is 7.25. The van der Waals surface area contributed by atoms with Crippen LogP contribution in [0.2, 0.25) is 0 Å². The Morgan fingerprint density at radius 1 is 1.24 bits per heavy atom. The molecule has 2 rings (SSSR count). The minimum absolute atomic E-state index is 0.0911. The summed E-state index contributed by atoms with van der Waals surface area (Å²) in [5, 5.41) is 2.94. The Kier molecular flexibility index (Phi) is 5.10. The molecule has 2 nitrogen and oxygen atoms in total. The smallest absolute Gasteiger partial charge is 0.255 e. The largest absolute Gasteiger partial charge is 0.322 e. The van der Waals surface area contributed by atoms with Crippen molar-refractivity contribution in [3.05, 3.63) is 96.3 Å². The van der Waals surface area contributed by atoms with Gasteiger partial charge in [0.05, 0.1) is 0 Å². The molecule has 1 aliphatic rings. The van der Waals surface area contributed by atoms with Gasteiger partial charge in [-0.3, -0.25) is 4.79 Å². The first-order valence-electron chi connectivity index (χ1n) is 6.96. The van der Waals surface area contributed by atoms with Gasteiger partial charge in [-0.25, -0.2) is 0 Å². The molecule has 1 amide bonds. The lowest BCUT2D eigenvalue weighted by Gasteiger charge is -2.15. The molecule has 0 unspecified atom stereocenters. The van der Waals surface area contributed by atoms with E-state index in [1.165, 1.54) is 0 Å². The number of nitrogens with one attached hydrogen (secondary N) is 1. The molecule has 0 heterocycles. The monoisotopic (exact) mass is 277 g/mol. The van der Waals surface area contributed by atoms with E-state index in [1.807, 2.05) is 42.5 Å². The summed E-state index contributed by atoms with van der Waals surface area (Å²) in [6.07, 6.45) is 11.4. The molecule has 21 heavy (non-hydrogen) atoms. The first-order chi connectivity index (χ1) is 10.2. The molecule has 106 valence electrons. The molecule has 0 fully saturated rings. The number of rotatable bonds is 5. The minimum Gasteiger partial charge on any atom is -0.322 e. The van der Waals surface area contributed by atoms with Crippen LogP contribution in [0, 0.1) is 0 Å². The Balaban J connectivity index is 2.07. The van der Waals surface area contributed by atoms with Crippen molar-refractivity contribution >= 4 is 5.91 Å². The summed E-state index contributed by atoms with van der Waals surface area (Å²) in [6, 6.07) is 9.20. The molecule has 1 N–H and O–H groups in total. The lowest BCUT2D eigenvalue weighted by Crippen LogP contribution is -2.22. The molecule has 2 heteroatoms. The van der Waals surface area contributed by atoms with Crippen LogP contribution in [0.25, 0.3) is 0 Å². The zero-order chi connectivity index (χ0) is 15.1. The SMILES string of the molecule is C=C/C=C\C(=C)C1=CC(NC(=O)c2ccccc2)=CCC1. The van der Waals surface area contributed by atoms with Gasteiger partial charge in [-0.2, -0.15) is 0 Å². The number of hydrogen-bond donors (Lipinski definition) is 1. The van der Waals surface area contributed by atoms with Gasteiger partial charge in [0.15, 0.2) is 0 Å². The van der Waals surface area contributed by atoms with Crippen LogP contribution >= 0.6 is 0 Å². The third kappa shape index (κ3) is 4.18. The van der Waals surface area contributed by atoms with Crippen molar-refractivity contribution in [2.75, 3.05) is 0 Å². The maximum absolute atomic E-state index is 12.1. The maximum Gasteiger partial charge on any atom is 0.255 e. The summed E-state index contributed by atoms with van der Waals surface area (Å²) in [4.78, 5) is 12.1. The quantitative estimate of drug-likeness (QED) is 0.798. The van der Waals surface area contributed by atoms with Crippen molar-refractivity contribution in [1.82, 2.24) is 5.32 Å². The normalized spacial score (nSPS) is 14.3. The van der Waals surface area contributed by atoms with Gasteiger partial charge in [-0.15, -0.1) is 0 Å². The van der Waals surface area contributed by atoms with Gasteiger partial charge >= 0.3 is 0 Å². The van der Waals surface area contributed by atoms with Gasteiger partial charge in [0.2, 0.25) is 0 Å². The molecule has 0 saturated carbocycles. The first-order valence-corrected chi connectivity index (χ1v) is 6.96. The van der Waals surface area contributed by atoms with E-state index in [0.717, 1.165) is 29.7 Å². The number of hydrogen-bond acceptors (Lipinski definition) is 1. The summed E-state index contributed by atoms with van der Waals surface area (Å²) < 4.78 is 0. The summed E-state index contributed by atoms with van der Waals surface area (Å²) in [6.45, 7) is 7.69. The van der Waals surface area contributed by atoms with Crippen LogP contribution < -0.4 is 5.32 Å². The van der Waals surface area contributed by atoms with Gasteiger partial charge in [0.25, 0.3) is 5.91 Å². The molecule has 0 atom stereocenters. The van der Waals surface area contributed by atoms with Gasteiger partial charge in [-0.1, -0.05) is 55.7 Å². The molecular weight excluding hydrogens is 258 g/mol. The van der Waals surface area contributed by atoms with Crippen LogP contribution in [0.4, 0.5) is 0 Å². The van der Waals surface area contributed by atoms with Crippen LogP contribution in [-0.4, -0.2) is 5.91 Å². The van der Waals surface area contributed by atoms with E-state index in [0.29, 0.717) is 5.56 Å². The molecule has 1 aliphatic carbocycles. The zero-order valence-electron chi connectivity index (χ0n) is 12.0. The fraction of sp³-hybridized carbons (Fsp3) is 0.105. The Labute approximate surface area is 125 Å². The molecular formula is C19H19NO. The Morgan fingerprint density at radius 3 is 2.71 bits per heavy atom. The van der Waals surface area contributed by atoms with Crippen LogP contribution in [0.5, 0.6) is 0 Å². The lowest BCUT2D eigenvalue weighted by molar-refractivity contribution is 0.0967. The highest BCUT2D eigenvalue weighted by atomic mass is 16.1. The van der Waals surface area contributed by atoms with Crippen molar-refractivity contribution in [1.29, 1.82) is 0 Å². The Bertz CT molecular complexity index is 633. The summed E-state index contributed by atoms with van der Waals surface area (Å²) in [5.41, 5.74) is 3.58. The van der Waals surface area contributed by atoms with Gasteiger partial charge < -0.3 is 5.32 Å². The molecule has 0 saturated heterocycles. The van der Waals surface area contributed by atoms with Crippen molar-refractivity contribution in [3.8, 4) is 0 Å². The molecule has 0 aromatic heterocycles. The Morgan fingerprint density at radius 2 is 2.00 bits per heavy atom. The first kappa shape index (κ1) is 14.8. The number of benzene rings is 1. The van der Waals surface area contributed by atoms with Crippen LogP contribution in [0.15, 0.2) is 90.7 Å². The van der Waals surface area contributed by atoms with E-state index < -0.39 is 0 Å². The highest BCUT2D eigenvalue weighted by Gasteiger charge is 2.10. The van der Waals surface area contributed by atoms with E-state index in [9.17, 15) is 4.79 Å². The number of carbonyl (C=O) groups excluding carboxylic acids is 1. The van der Waals surface area contributed by atoms with Crippen molar-refractivity contribution in [3.63, 3.8) is 0 Å². The van der Waals surface area contributed by atoms with E-state index >= 15 is 0 Å². The average molecular weight is 277 g/mol. The molecule has 0 bridgehead atoms. The fourth-order valence-corrected chi connectivity index (χ4v) is 2.13. The van der Waals surface area contributed by atoms with Crippen molar-refractivity contribution in [2.24, 2.45) is 0 Å². The minimum atomic E-state index is -0.0911. The lowest BCUT2D eigenvalue weighted by atomic mass is 9.96. The summed E-state index contributed by atoms with van der Waals surface area (Å²) in [7, 11) is 0. The van der Waals surface area contributed by atoms with E-state index in [2.05, 4.69) is 18.5 Å². The maximum atomic E-state index is 12.1. The molecule has 1 aromatic carbocycles. The summed E-state index contributed by atoms with van der Waals surface area (Å²) >= 11 is 0. The van der Waals surface area contributed by atoms with E-state index in [-0.39, 0.29) is 5.91 Å². The average Bonchev–Trinajstić information content (AvgIpc) is 2.53. The zero-order valence-corrected chi connectivity index (χ0v) is 12.0. The molecule has 0 spiro atoms. The highest BCUT2D eigenvalue weighted by molar-refractivity contribution is 5.95. The van der Waals surface area contributed by atoms with E-state index in [1.54, 1.807) is 18.2 Å². The molecule has 0 radical (unpaired) electrons. The molecule has 0 aliphatic heterocycles. The van der Waals surface area contributed by atoms with E-state index in [4.69, 9.17) is 0 Å². The second-order valence-corrected chi connectivity index (χ2v) is 4.81. The highest BCUT2D eigenvalue weighted by Crippen LogP contribution is 2.22. The number of amides is 1. The Hall–Kier alpha value is -2.61. The standard InChI is InChI=1S/C19H19NO/c1-3-4-9-15(2)17-12-8-13-18(14-17)20-19(21)16-10-6-5-7-11-16/h3-7,9-11,13-14H,1-2,8,12H2,(H,20,21)/b9-4-. The third-order valence-electron chi connectivity index (χ3n) is 3.25. The third-order valence-corrected chi connectivity index (χ3v) is 3.25. The van der Waals surface area contributed by atoms with Crippen LogP contribution in [0.1, 0.15) is 23.2 Å². The van der Waals surface area contributed by atoms with Crippen molar-refractivity contribution < 1.29 is 4.79 Å². The predicted octanol–water partition coefficient (Wildman–Crippen LogP) is 4.32. The van der Waals surface area contributed by atoms with Gasteiger partial charge in [-0.05, 0) is 42.2 Å². The second-order valence-electron chi connectivity index (χ2n) is 4.81. The van der Waals surface area contributed by atoms with Crippen molar-refractivity contribution in [2.45, 2.75) is 12.8 Å². The van der Waals surface area contributed by atoms with Crippen LogP contribution in [-0.2, 0) is 0 Å². The summed E-state index contributed by atoms with van der Waals surface area (Å²) in [5.74, 6) is -0.0911. The van der Waals surface area contributed by atoms with Gasteiger partial charge in [0.1, 0.15) is 0 Å². The number of carbonyl (C=O) groups is 1. The van der Waals surface area contributed by atoms with Crippen LogP contribution in [0.3, 0.4) is 0 Å². The molecule has 1 aromatic rings. The van der Waals surface area contributed by atoms with Gasteiger partial charge in [0, 0.05) is 11.3 Å². The fourth-order valence-electron chi connectivity index (χ4n) is 2.13. The number of allylic oxidation sites excluding steroid dienone is 7. The topological polar surface area (TPSA) is 29.1 Å². The predicted molar refractivity (Wildman–Crippen MR) is 87.8 cm³/mol.